The molecule has 0 bridgehead atoms. The minimum Gasteiger partial charge on any atom is -0.493 e. The van der Waals surface area contributed by atoms with Gasteiger partial charge in [0.25, 0.3) is 0 Å². The van der Waals surface area contributed by atoms with Crippen LogP contribution in [0, 0.1) is 5.82 Å². The van der Waals surface area contributed by atoms with Crippen LogP contribution in [0.2, 0.25) is 0 Å². The second-order valence-electron chi connectivity index (χ2n) is 10.9. The van der Waals surface area contributed by atoms with Gasteiger partial charge in [0.15, 0.2) is 18.1 Å². The van der Waals surface area contributed by atoms with Crippen molar-refractivity contribution in [3.8, 4) is 17.2 Å². The van der Waals surface area contributed by atoms with Crippen molar-refractivity contribution in [1.29, 1.82) is 0 Å². The lowest BCUT2D eigenvalue weighted by Gasteiger charge is -2.28. The Bertz CT molecular complexity index is 1550. The van der Waals surface area contributed by atoms with E-state index >= 15 is 0 Å². The fraction of sp³-hybridized carbons (Fsp3) is 0.353. The second-order valence-corrected chi connectivity index (χ2v) is 10.9. The van der Waals surface area contributed by atoms with Crippen LogP contribution in [-0.4, -0.2) is 63.8 Å². The molecule has 1 N–H and O–H groups in total. The number of rotatable bonds is 11. The molecule has 0 spiro atoms. The summed E-state index contributed by atoms with van der Waals surface area (Å²) < 4.78 is 42.3. The molecular formula is C34H37FN2O7. The molecule has 44 heavy (non-hydrogen) atoms. The van der Waals surface area contributed by atoms with E-state index in [1.54, 1.807) is 36.6 Å². The zero-order valence-electron chi connectivity index (χ0n) is 25.4. The molecule has 1 fully saturated rings. The molecule has 1 aliphatic carbocycles. The Morgan fingerprint density at radius 2 is 1.80 bits per heavy atom. The Hall–Kier alpha value is -4.57. The zero-order valence-corrected chi connectivity index (χ0v) is 25.4. The fourth-order valence-electron chi connectivity index (χ4n) is 5.55. The van der Waals surface area contributed by atoms with Gasteiger partial charge < -0.3 is 33.6 Å². The maximum atomic E-state index is 14.4. The number of hydrogen-bond acceptors (Lipinski definition) is 8. The van der Waals surface area contributed by atoms with E-state index in [2.05, 4.69) is 10.2 Å². The van der Waals surface area contributed by atoms with Crippen LogP contribution in [0.25, 0.3) is 17.2 Å². The van der Waals surface area contributed by atoms with Crippen LogP contribution in [0.4, 0.5) is 4.39 Å². The van der Waals surface area contributed by atoms with Crippen LogP contribution in [0.1, 0.15) is 48.6 Å². The molecule has 0 unspecified atom stereocenters. The smallest absolute Gasteiger partial charge is 0.344 e. The van der Waals surface area contributed by atoms with Gasteiger partial charge in [0, 0.05) is 13.1 Å². The number of halogens is 1. The molecule has 1 saturated heterocycles. The summed E-state index contributed by atoms with van der Waals surface area (Å²) in [6, 6.07) is 11.7. The van der Waals surface area contributed by atoms with E-state index in [0.717, 1.165) is 53.8 Å². The quantitative estimate of drug-likeness (QED) is 0.287. The minimum atomic E-state index is -0.453. The Balaban J connectivity index is 1.36. The van der Waals surface area contributed by atoms with Gasteiger partial charge in [-0.15, -0.1) is 0 Å². The summed E-state index contributed by atoms with van der Waals surface area (Å²) >= 11 is 0. The molecule has 0 radical (unpaired) electrons. The van der Waals surface area contributed by atoms with E-state index in [1.807, 2.05) is 20.0 Å². The van der Waals surface area contributed by atoms with Gasteiger partial charge in [-0.1, -0.05) is 6.07 Å². The average molecular weight is 605 g/mol. The average Bonchev–Trinajstić information content (AvgIpc) is 3.63. The number of hydrogen-bond donors (Lipinski definition) is 1. The predicted octanol–water partition coefficient (Wildman–Crippen LogP) is 5.49. The minimum absolute atomic E-state index is 0.0768. The van der Waals surface area contributed by atoms with Gasteiger partial charge in [0.05, 0.1) is 33.4 Å². The fourth-order valence-corrected chi connectivity index (χ4v) is 5.55. The molecule has 10 heteroatoms. The van der Waals surface area contributed by atoms with E-state index in [4.69, 9.17) is 23.4 Å². The standard InChI is InChI=1S/C34H37FN2O7/c1-21-27(26-8-7-23(35)17-29(26)28(21)18-32(38)36-19-25-6-5-13-42-25)14-22-15-30(40-3)34(31(16-22)41-4)43-20-33(39)44-24-9-11-37(2)12-10-24/h5-8,13-17,24H,9-12,18-20H2,1-4H3,(H,36,38). The van der Waals surface area contributed by atoms with Gasteiger partial charge in [-0.2, -0.15) is 0 Å². The third kappa shape index (κ3) is 7.14. The van der Waals surface area contributed by atoms with Crippen molar-refractivity contribution in [3.05, 3.63) is 82.6 Å². The van der Waals surface area contributed by atoms with Crippen molar-refractivity contribution in [2.45, 2.75) is 38.8 Å². The maximum absolute atomic E-state index is 14.4. The molecule has 2 aromatic carbocycles. The Morgan fingerprint density at radius 1 is 1.07 bits per heavy atom. The number of nitrogens with zero attached hydrogens (tertiary/aromatic N) is 1. The molecule has 0 atom stereocenters. The molecule has 1 aromatic heterocycles. The summed E-state index contributed by atoms with van der Waals surface area (Å²) in [4.78, 5) is 27.6. The monoisotopic (exact) mass is 604 g/mol. The van der Waals surface area contributed by atoms with Crippen molar-refractivity contribution in [2.75, 3.05) is 41.0 Å². The summed E-state index contributed by atoms with van der Waals surface area (Å²) in [6.45, 7) is 3.66. The van der Waals surface area contributed by atoms with Gasteiger partial charge in [-0.3, -0.25) is 4.79 Å². The van der Waals surface area contributed by atoms with Gasteiger partial charge >= 0.3 is 5.97 Å². The topological polar surface area (TPSA) is 99.5 Å². The van der Waals surface area contributed by atoms with Crippen molar-refractivity contribution in [3.63, 3.8) is 0 Å². The van der Waals surface area contributed by atoms with E-state index in [-0.39, 0.29) is 43.2 Å². The highest BCUT2D eigenvalue weighted by atomic mass is 19.1. The number of carbonyl (C=O) groups excluding carboxylic acids is 2. The summed E-state index contributed by atoms with van der Waals surface area (Å²) in [5, 5.41) is 2.86. The highest BCUT2D eigenvalue weighted by Gasteiger charge is 2.27. The van der Waals surface area contributed by atoms with E-state index < -0.39 is 5.97 Å². The van der Waals surface area contributed by atoms with Crippen molar-refractivity contribution in [2.24, 2.45) is 0 Å². The van der Waals surface area contributed by atoms with E-state index in [1.165, 1.54) is 26.4 Å². The number of ether oxygens (including phenoxy) is 4. The van der Waals surface area contributed by atoms with Crippen LogP contribution in [0.5, 0.6) is 17.2 Å². The lowest BCUT2D eigenvalue weighted by atomic mass is 10.00. The Labute approximate surface area is 256 Å². The maximum Gasteiger partial charge on any atom is 0.344 e. The molecule has 1 aliphatic heterocycles. The number of benzene rings is 2. The predicted molar refractivity (Wildman–Crippen MR) is 164 cm³/mol. The number of allylic oxidation sites excluding steroid dienone is 2. The van der Waals surface area contributed by atoms with Crippen molar-refractivity contribution < 1.29 is 37.3 Å². The van der Waals surface area contributed by atoms with Crippen LogP contribution in [0.15, 0.2) is 58.7 Å². The van der Waals surface area contributed by atoms with Gasteiger partial charge in [-0.25, -0.2) is 9.18 Å². The number of esters is 1. The number of carbonyl (C=O) groups is 2. The van der Waals surface area contributed by atoms with Crippen LogP contribution in [-0.2, 0) is 20.9 Å². The van der Waals surface area contributed by atoms with Crippen LogP contribution in [0.3, 0.4) is 0 Å². The third-order valence-electron chi connectivity index (χ3n) is 7.92. The number of nitrogens with one attached hydrogen (secondary N) is 1. The van der Waals surface area contributed by atoms with E-state index in [0.29, 0.717) is 22.8 Å². The van der Waals surface area contributed by atoms with Crippen molar-refractivity contribution >= 4 is 29.1 Å². The number of amides is 1. The molecule has 232 valence electrons. The zero-order chi connectivity index (χ0) is 31.2. The van der Waals surface area contributed by atoms with Gasteiger partial charge in [-0.05, 0) is 103 Å². The number of methoxy groups -OCH3 is 2. The molecule has 9 nitrogen and oxygen atoms in total. The Morgan fingerprint density at radius 3 is 2.45 bits per heavy atom. The number of piperidine rings is 1. The molecule has 3 aromatic rings. The van der Waals surface area contributed by atoms with Gasteiger partial charge in [0.2, 0.25) is 11.7 Å². The summed E-state index contributed by atoms with van der Waals surface area (Å²) in [7, 11) is 5.06. The molecule has 2 aliphatic rings. The normalized spacial score (nSPS) is 16.2. The first-order valence-electron chi connectivity index (χ1n) is 14.5. The van der Waals surface area contributed by atoms with Crippen molar-refractivity contribution in [1.82, 2.24) is 10.2 Å². The Kier molecular flexibility index (Phi) is 9.69. The SMILES string of the molecule is COc1cc(C=C2C(C)=C(CC(=O)NCc3ccco3)c3cc(F)ccc32)cc(OC)c1OCC(=O)OC1CCN(C)CC1. The first kappa shape index (κ1) is 30.9. The van der Waals surface area contributed by atoms with Crippen LogP contribution >= 0.6 is 0 Å². The van der Waals surface area contributed by atoms with Crippen LogP contribution < -0.4 is 19.5 Å². The molecule has 5 rings (SSSR count). The molecule has 0 saturated carbocycles. The van der Waals surface area contributed by atoms with E-state index in [9.17, 15) is 14.0 Å². The molecule has 2 heterocycles. The highest BCUT2D eigenvalue weighted by molar-refractivity contribution is 6.08. The number of furan rings is 1. The third-order valence-corrected chi connectivity index (χ3v) is 7.92. The first-order valence-corrected chi connectivity index (χ1v) is 14.5. The summed E-state index contributed by atoms with van der Waals surface area (Å²) in [6.07, 6.45) is 5.02. The lowest BCUT2D eigenvalue weighted by Crippen LogP contribution is -2.36. The summed E-state index contributed by atoms with van der Waals surface area (Å²) in [5.41, 5.74) is 4.65. The van der Waals surface area contributed by atoms with Gasteiger partial charge in [0.1, 0.15) is 17.7 Å². The number of fused-ring (bicyclic) bond motifs is 1. The largest absolute Gasteiger partial charge is 0.493 e. The first-order chi connectivity index (χ1) is 21.2. The summed E-state index contributed by atoms with van der Waals surface area (Å²) in [5.74, 6) is 0.641. The molecular weight excluding hydrogens is 567 g/mol. The number of likely N-dealkylation sites (tertiary alicyclic amines) is 1. The second kappa shape index (κ2) is 13.8. The lowest BCUT2D eigenvalue weighted by molar-refractivity contribution is -0.153. The molecule has 1 amide bonds. The highest BCUT2D eigenvalue weighted by Crippen LogP contribution is 2.45.